The van der Waals surface area contributed by atoms with Gasteiger partial charge in [0.05, 0.1) is 14.2 Å². The second-order valence-corrected chi connectivity index (χ2v) is 5.18. The van der Waals surface area contributed by atoms with E-state index in [1.807, 2.05) is 12.1 Å². The smallest absolute Gasteiger partial charge is 0.331 e. The highest BCUT2D eigenvalue weighted by molar-refractivity contribution is 5.87. The summed E-state index contributed by atoms with van der Waals surface area (Å²) in [5.74, 6) is 1.09. The first-order chi connectivity index (χ1) is 10.2. The molecule has 0 spiro atoms. The molecule has 0 bridgehead atoms. The Morgan fingerprint density at radius 2 is 1.67 bits per heavy atom. The Morgan fingerprint density at radius 3 is 2.24 bits per heavy atom. The van der Waals surface area contributed by atoms with Crippen molar-refractivity contribution in [1.82, 2.24) is 0 Å². The number of carbonyl (C=O) groups excluding carboxylic acids is 1. The summed E-state index contributed by atoms with van der Waals surface area (Å²) >= 11 is 0. The molecular weight excluding hydrogens is 268 g/mol. The maximum atomic E-state index is 11.8. The topological polar surface area (TPSA) is 44.8 Å². The van der Waals surface area contributed by atoms with Gasteiger partial charge in [-0.15, -0.1) is 0 Å². The Balaban J connectivity index is 1.97. The Morgan fingerprint density at radius 1 is 1.05 bits per heavy atom. The summed E-state index contributed by atoms with van der Waals surface area (Å²) < 4.78 is 15.8. The number of hydrogen-bond donors (Lipinski definition) is 0. The Bertz CT molecular complexity index is 479. The molecule has 0 amide bonds. The summed E-state index contributed by atoms with van der Waals surface area (Å²) in [7, 11) is 3.19. The predicted molar refractivity (Wildman–Crippen MR) is 81.5 cm³/mol. The van der Waals surface area contributed by atoms with Gasteiger partial charge in [-0.3, -0.25) is 0 Å². The van der Waals surface area contributed by atoms with Gasteiger partial charge < -0.3 is 14.2 Å². The number of ether oxygens (including phenoxy) is 3. The van der Waals surface area contributed by atoms with E-state index in [2.05, 4.69) is 0 Å². The fourth-order valence-electron chi connectivity index (χ4n) is 2.48. The van der Waals surface area contributed by atoms with Crippen LogP contribution >= 0.6 is 0 Å². The van der Waals surface area contributed by atoms with Crippen molar-refractivity contribution >= 4 is 12.0 Å². The molecule has 0 atom stereocenters. The third kappa shape index (κ3) is 4.81. The van der Waals surface area contributed by atoms with E-state index in [4.69, 9.17) is 14.2 Å². The van der Waals surface area contributed by atoms with Crippen LogP contribution in [-0.4, -0.2) is 26.3 Å². The molecule has 1 aromatic rings. The Kier molecular flexibility index (Phi) is 5.67. The maximum Gasteiger partial charge on any atom is 0.331 e. The number of benzene rings is 1. The van der Waals surface area contributed by atoms with Crippen molar-refractivity contribution in [1.29, 1.82) is 0 Å². The predicted octanol–water partition coefficient (Wildman–Crippen LogP) is 3.59. The molecule has 0 aliphatic heterocycles. The van der Waals surface area contributed by atoms with Crippen LogP contribution in [0.1, 0.15) is 37.7 Å². The molecule has 4 heteroatoms. The van der Waals surface area contributed by atoms with Crippen molar-refractivity contribution < 1.29 is 19.0 Å². The van der Waals surface area contributed by atoms with Gasteiger partial charge in [0.1, 0.15) is 17.6 Å². The first kappa shape index (κ1) is 15.4. The van der Waals surface area contributed by atoms with Gasteiger partial charge in [0, 0.05) is 12.1 Å². The summed E-state index contributed by atoms with van der Waals surface area (Å²) in [6, 6.07) is 5.47. The van der Waals surface area contributed by atoms with E-state index in [1.54, 1.807) is 26.4 Å². The molecule has 4 nitrogen and oxygen atoms in total. The van der Waals surface area contributed by atoms with Crippen LogP contribution in [0, 0.1) is 0 Å². The monoisotopic (exact) mass is 290 g/mol. The lowest BCUT2D eigenvalue weighted by atomic mass is 9.98. The number of hydrogen-bond acceptors (Lipinski definition) is 4. The van der Waals surface area contributed by atoms with E-state index in [0.717, 1.165) is 31.2 Å². The van der Waals surface area contributed by atoms with Gasteiger partial charge >= 0.3 is 5.97 Å². The van der Waals surface area contributed by atoms with Crippen molar-refractivity contribution in [2.24, 2.45) is 0 Å². The number of carbonyl (C=O) groups is 1. The van der Waals surface area contributed by atoms with Gasteiger partial charge in [-0.05, 0) is 49.5 Å². The molecule has 21 heavy (non-hydrogen) atoms. The van der Waals surface area contributed by atoms with Gasteiger partial charge in [0.15, 0.2) is 0 Å². The molecule has 1 aliphatic rings. The Hall–Kier alpha value is -1.97. The minimum atomic E-state index is -0.288. The van der Waals surface area contributed by atoms with Crippen molar-refractivity contribution in [2.75, 3.05) is 14.2 Å². The molecule has 0 aromatic heterocycles. The quantitative estimate of drug-likeness (QED) is 0.614. The highest BCUT2D eigenvalue weighted by atomic mass is 16.5. The molecule has 1 fully saturated rings. The first-order valence-corrected chi connectivity index (χ1v) is 7.33. The minimum absolute atomic E-state index is 0.0794. The van der Waals surface area contributed by atoms with Crippen LogP contribution in [0.25, 0.3) is 6.08 Å². The van der Waals surface area contributed by atoms with E-state index in [0.29, 0.717) is 11.5 Å². The summed E-state index contributed by atoms with van der Waals surface area (Å²) in [4.78, 5) is 11.8. The second-order valence-electron chi connectivity index (χ2n) is 5.18. The number of esters is 1. The van der Waals surface area contributed by atoms with E-state index < -0.39 is 0 Å². The lowest BCUT2D eigenvalue weighted by molar-refractivity contribution is -0.144. The van der Waals surface area contributed by atoms with Crippen molar-refractivity contribution in [3.63, 3.8) is 0 Å². The highest BCUT2D eigenvalue weighted by Gasteiger charge is 2.16. The Labute approximate surface area is 125 Å². The van der Waals surface area contributed by atoms with Crippen LogP contribution in [0.3, 0.4) is 0 Å². The number of methoxy groups -OCH3 is 2. The zero-order valence-electron chi connectivity index (χ0n) is 12.6. The van der Waals surface area contributed by atoms with Gasteiger partial charge in [0.25, 0.3) is 0 Å². The lowest BCUT2D eigenvalue weighted by Gasteiger charge is -2.20. The normalized spacial score (nSPS) is 15.9. The molecule has 1 aliphatic carbocycles. The van der Waals surface area contributed by atoms with Crippen molar-refractivity contribution in [2.45, 2.75) is 38.2 Å². The lowest BCUT2D eigenvalue weighted by Crippen LogP contribution is -2.19. The molecule has 1 saturated carbocycles. The van der Waals surface area contributed by atoms with Gasteiger partial charge in [-0.1, -0.05) is 6.42 Å². The van der Waals surface area contributed by atoms with Gasteiger partial charge in [-0.25, -0.2) is 4.79 Å². The summed E-state index contributed by atoms with van der Waals surface area (Å²) in [5, 5.41) is 0. The number of rotatable bonds is 5. The van der Waals surface area contributed by atoms with Crippen LogP contribution < -0.4 is 9.47 Å². The van der Waals surface area contributed by atoms with Crippen LogP contribution in [0.4, 0.5) is 0 Å². The second kappa shape index (κ2) is 7.72. The average Bonchev–Trinajstić information content (AvgIpc) is 2.53. The fourth-order valence-corrected chi connectivity index (χ4v) is 2.48. The maximum absolute atomic E-state index is 11.8. The zero-order valence-corrected chi connectivity index (χ0v) is 12.6. The molecule has 0 N–H and O–H groups in total. The standard InChI is InChI=1S/C17H22O4/c1-19-15-10-13(11-16(12-15)20-2)8-9-17(18)21-14-6-4-3-5-7-14/h8-12,14H,3-7H2,1-2H3. The van der Waals surface area contributed by atoms with Crippen LogP contribution in [0.5, 0.6) is 11.5 Å². The van der Waals surface area contributed by atoms with Crippen molar-refractivity contribution in [3.05, 3.63) is 29.8 Å². The SMILES string of the molecule is COc1cc(C=CC(=O)OC2CCCCC2)cc(OC)c1. The molecule has 0 unspecified atom stereocenters. The molecule has 0 heterocycles. The van der Waals surface area contributed by atoms with E-state index >= 15 is 0 Å². The van der Waals surface area contributed by atoms with E-state index in [1.165, 1.54) is 12.5 Å². The zero-order chi connectivity index (χ0) is 15.1. The largest absolute Gasteiger partial charge is 0.497 e. The highest BCUT2D eigenvalue weighted by Crippen LogP contribution is 2.24. The molecular formula is C17H22O4. The summed E-state index contributed by atoms with van der Waals surface area (Å²) in [5.41, 5.74) is 0.840. The summed E-state index contributed by atoms with van der Waals surface area (Å²) in [6.07, 6.45) is 8.76. The first-order valence-electron chi connectivity index (χ1n) is 7.33. The van der Waals surface area contributed by atoms with E-state index in [9.17, 15) is 4.79 Å². The molecule has 0 saturated heterocycles. The van der Waals surface area contributed by atoms with Gasteiger partial charge in [0.2, 0.25) is 0 Å². The third-order valence-electron chi connectivity index (χ3n) is 3.62. The average molecular weight is 290 g/mol. The van der Waals surface area contributed by atoms with Crippen LogP contribution in [0.15, 0.2) is 24.3 Å². The van der Waals surface area contributed by atoms with Crippen molar-refractivity contribution in [3.8, 4) is 11.5 Å². The molecule has 114 valence electrons. The fraction of sp³-hybridized carbons (Fsp3) is 0.471. The van der Waals surface area contributed by atoms with Crippen LogP contribution in [0.2, 0.25) is 0 Å². The molecule has 1 aromatic carbocycles. The molecule has 2 rings (SSSR count). The third-order valence-corrected chi connectivity index (χ3v) is 3.62. The minimum Gasteiger partial charge on any atom is -0.497 e. The van der Waals surface area contributed by atoms with E-state index in [-0.39, 0.29) is 12.1 Å². The van der Waals surface area contributed by atoms with Gasteiger partial charge in [-0.2, -0.15) is 0 Å². The summed E-state index contributed by atoms with van der Waals surface area (Å²) in [6.45, 7) is 0. The van der Waals surface area contributed by atoms with Crippen LogP contribution in [-0.2, 0) is 9.53 Å². The molecule has 0 radical (unpaired) electrons.